The zero-order valence-corrected chi connectivity index (χ0v) is 16.0. The van der Waals surface area contributed by atoms with Crippen molar-refractivity contribution in [3.63, 3.8) is 0 Å². The van der Waals surface area contributed by atoms with Crippen molar-refractivity contribution in [1.82, 2.24) is 0 Å². The van der Waals surface area contributed by atoms with Crippen LogP contribution in [0.1, 0.15) is 49.2 Å². The van der Waals surface area contributed by atoms with Crippen LogP contribution in [-0.4, -0.2) is 16.7 Å². The summed E-state index contributed by atoms with van der Waals surface area (Å²) in [4.78, 5) is 34.9. The lowest BCUT2D eigenvalue weighted by Gasteiger charge is -2.19. The number of carbonyl (C=O) groups is 2. The fraction of sp³-hybridized carbons (Fsp3) is 0.300. The van der Waals surface area contributed by atoms with Crippen LogP contribution in [0.25, 0.3) is 0 Å². The van der Waals surface area contributed by atoms with E-state index in [0.717, 1.165) is 0 Å². The van der Waals surface area contributed by atoms with Crippen molar-refractivity contribution in [3.05, 3.63) is 63.2 Å². The quantitative estimate of drug-likeness (QED) is 0.615. The normalized spacial score (nSPS) is 11.0. The molecule has 0 fully saturated rings. The van der Waals surface area contributed by atoms with Crippen LogP contribution in [0, 0.1) is 17.0 Å². The number of hydrogen-bond donors (Lipinski definition) is 2. The molecule has 0 aromatic heterocycles. The summed E-state index contributed by atoms with van der Waals surface area (Å²) < 4.78 is 0. The molecule has 0 atom stereocenters. The first kappa shape index (κ1) is 20.1. The topological polar surface area (TPSA) is 101 Å². The fourth-order valence-electron chi connectivity index (χ4n) is 2.75. The average molecular weight is 369 g/mol. The van der Waals surface area contributed by atoms with E-state index in [2.05, 4.69) is 10.6 Å². The molecule has 27 heavy (non-hydrogen) atoms. The molecule has 0 unspecified atom stereocenters. The van der Waals surface area contributed by atoms with Gasteiger partial charge >= 0.3 is 0 Å². The number of nitro benzene ring substituents is 1. The van der Waals surface area contributed by atoms with Crippen molar-refractivity contribution in [3.8, 4) is 0 Å². The van der Waals surface area contributed by atoms with E-state index in [9.17, 15) is 19.7 Å². The average Bonchev–Trinajstić information content (AvgIpc) is 2.56. The van der Waals surface area contributed by atoms with Crippen LogP contribution < -0.4 is 10.6 Å². The summed E-state index contributed by atoms with van der Waals surface area (Å²) in [5, 5.41) is 16.9. The predicted octanol–water partition coefficient (Wildman–Crippen LogP) is 4.41. The summed E-state index contributed by atoms with van der Waals surface area (Å²) in [7, 11) is 0. The smallest absolute Gasteiger partial charge is 0.273 e. The second-order valence-electron chi connectivity index (χ2n) is 7.35. The van der Waals surface area contributed by atoms with Gasteiger partial charge in [0.05, 0.1) is 4.92 Å². The second-order valence-corrected chi connectivity index (χ2v) is 7.35. The third kappa shape index (κ3) is 4.69. The number of anilines is 2. The van der Waals surface area contributed by atoms with E-state index < -0.39 is 16.2 Å². The van der Waals surface area contributed by atoms with E-state index in [0.29, 0.717) is 22.5 Å². The maximum atomic E-state index is 12.6. The largest absolute Gasteiger partial charge is 0.326 e. The summed E-state index contributed by atoms with van der Waals surface area (Å²) in [6.45, 7) is 8.82. The van der Waals surface area contributed by atoms with Crippen LogP contribution in [0.15, 0.2) is 36.4 Å². The first-order valence-corrected chi connectivity index (χ1v) is 8.48. The number of hydrogen-bond acceptors (Lipinski definition) is 4. The zero-order valence-electron chi connectivity index (χ0n) is 16.0. The minimum Gasteiger partial charge on any atom is -0.326 e. The monoisotopic (exact) mass is 369 g/mol. The van der Waals surface area contributed by atoms with Gasteiger partial charge in [0.1, 0.15) is 0 Å². The Morgan fingerprint density at radius 1 is 1.04 bits per heavy atom. The van der Waals surface area contributed by atoms with Gasteiger partial charge in [-0.05, 0) is 36.1 Å². The standard InChI is InChI=1S/C20H23N3O4/c1-12-16(21-13(2)24)7-6-8-17(12)22-19(25)14-9-10-15(20(3,4)5)18(11-14)23(26)27/h6-11H,1-5H3,(H,21,24)(H,22,25). The summed E-state index contributed by atoms with van der Waals surface area (Å²) in [5.41, 5.74) is 2.07. The lowest BCUT2D eigenvalue weighted by Crippen LogP contribution is -2.17. The molecule has 2 aromatic carbocycles. The van der Waals surface area contributed by atoms with Gasteiger partial charge in [-0.3, -0.25) is 19.7 Å². The Hall–Kier alpha value is -3.22. The molecule has 7 heteroatoms. The molecule has 0 bridgehead atoms. The van der Waals surface area contributed by atoms with Gasteiger partial charge in [-0.15, -0.1) is 0 Å². The number of amides is 2. The lowest BCUT2D eigenvalue weighted by molar-refractivity contribution is -0.386. The highest BCUT2D eigenvalue weighted by molar-refractivity contribution is 6.05. The van der Waals surface area contributed by atoms with Crippen LogP contribution in [0.2, 0.25) is 0 Å². The minimum absolute atomic E-state index is 0.0844. The highest BCUT2D eigenvalue weighted by Crippen LogP contribution is 2.32. The van der Waals surface area contributed by atoms with Crippen molar-refractivity contribution in [1.29, 1.82) is 0 Å². The lowest BCUT2D eigenvalue weighted by atomic mass is 9.85. The number of rotatable bonds is 4. The molecule has 0 aliphatic carbocycles. The van der Waals surface area contributed by atoms with Crippen LogP contribution in [0.3, 0.4) is 0 Å². The Labute approximate surface area is 157 Å². The maximum Gasteiger partial charge on any atom is 0.273 e. The third-order valence-corrected chi connectivity index (χ3v) is 4.16. The number of benzene rings is 2. The molecule has 2 amide bonds. The predicted molar refractivity (Wildman–Crippen MR) is 105 cm³/mol. The number of carbonyl (C=O) groups excluding carboxylic acids is 2. The Kier molecular flexibility index (Phi) is 5.64. The second kappa shape index (κ2) is 7.57. The maximum absolute atomic E-state index is 12.6. The summed E-state index contributed by atoms with van der Waals surface area (Å²) in [6.07, 6.45) is 0. The van der Waals surface area contributed by atoms with Gasteiger partial charge in [-0.25, -0.2) is 0 Å². The Morgan fingerprint density at radius 2 is 1.63 bits per heavy atom. The molecule has 7 nitrogen and oxygen atoms in total. The first-order chi connectivity index (χ1) is 12.5. The minimum atomic E-state index is -0.472. The zero-order chi connectivity index (χ0) is 20.4. The van der Waals surface area contributed by atoms with Gasteiger partial charge < -0.3 is 10.6 Å². The van der Waals surface area contributed by atoms with Gasteiger partial charge in [0.25, 0.3) is 11.6 Å². The summed E-state index contributed by atoms with van der Waals surface area (Å²) in [6, 6.07) is 9.64. The first-order valence-electron chi connectivity index (χ1n) is 8.48. The molecule has 0 radical (unpaired) electrons. The van der Waals surface area contributed by atoms with E-state index in [1.54, 1.807) is 37.3 Å². The molecule has 0 heterocycles. The summed E-state index contributed by atoms with van der Waals surface area (Å²) in [5.74, 6) is -0.670. The highest BCUT2D eigenvalue weighted by Gasteiger charge is 2.26. The molecule has 0 saturated carbocycles. The molecule has 2 N–H and O–H groups in total. The Bertz CT molecular complexity index is 914. The number of nitrogens with zero attached hydrogens (tertiary/aromatic N) is 1. The molecule has 0 aliphatic rings. The Balaban J connectivity index is 2.36. The van der Waals surface area contributed by atoms with Crippen molar-refractivity contribution in [2.45, 2.75) is 40.0 Å². The van der Waals surface area contributed by atoms with E-state index in [4.69, 9.17) is 0 Å². The van der Waals surface area contributed by atoms with E-state index in [-0.39, 0.29) is 17.2 Å². The van der Waals surface area contributed by atoms with Crippen LogP contribution in [0.5, 0.6) is 0 Å². The van der Waals surface area contributed by atoms with Crippen LogP contribution in [-0.2, 0) is 10.2 Å². The van der Waals surface area contributed by atoms with E-state index >= 15 is 0 Å². The highest BCUT2D eigenvalue weighted by atomic mass is 16.6. The van der Waals surface area contributed by atoms with Gasteiger partial charge in [-0.1, -0.05) is 32.9 Å². The third-order valence-electron chi connectivity index (χ3n) is 4.16. The Morgan fingerprint density at radius 3 is 2.15 bits per heavy atom. The fourth-order valence-corrected chi connectivity index (χ4v) is 2.75. The molecular weight excluding hydrogens is 346 g/mol. The molecular formula is C20H23N3O4. The van der Waals surface area contributed by atoms with Crippen molar-refractivity contribution >= 4 is 28.9 Å². The molecule has 0 spiro atoms. The summed E-state index contributed by atoms with van der Waals surface area (Å²) >= 11 is 0. The van der Waals surface area contributed by atoms with Crippen molar-refractivity contribution < 1.29 is 14.5 Å². The van der Waals surface area contributed by atoms with Crippen LogP contribution in [0.4, 0.5) is 17.1 Å². The molecule has 0 saturated heterocycles. The van der Waals surface area contributed by atoms with Crippen LogP contribution >= 0.6 is 0 Å². The van der Waals surface area contributed by atoms with Gasteiger partial charge in [0.15, 0.2) is 0 Å². The van der Waals surface area contributed by atoms with E-state index in [1.165, 1.54) is 13.0 Å². The van der Waals surface area contributed by atoms with Crippen molar-refractivity contribution in [2.75, 3.05) is 10.6 Å². The number of nitro groups is 1. The van der Waals surface area contributed by atoms with Gasteiger partial charge in [0, 0.05) is 35.5 Å². The molecule has 2 rings (SSSR count). The van der Waals surface area contributed by atoms with Crippen molar-refractivity contribution in [2.24, 2.45) is 0 Å². The SMILES string of the molecule is CC(=O)Nc1cccc(NC(=O)c2ccc(C(C)(C)C)c([N+](=O)[O-])c2)c1C. The van der Waals surface area contributed by atoms with Gasteiger partial charge in [0.2, 0.25) is 5.91 Å². The number of nitrogens with one attached hydrogen (secondary N) is 2. The molecule has 2 aromatic rings. The van der Waals surface area contributed by atoms with Gasteiger partial charge in [-0.2, -0.15) is 0 Å². The molecule has 0 aliphatic heterocycles. The molecule has 142 valence electrons. The van der Waals surface area contributed by atoms with E-state index in [1.807, 2.05) is 20.8 Å².